The van der Waals surface area contributed by atoms with E-state index in [4.69, 9.17) is 32.7 Å². The molecule has 0 saturated carbocycles. The summed E-state index contributed by atoms with van der Waals surface area (Å²) in [6, 6.07) is 14.3. The Hall–Kier alpha value is -2.73. The second-order valence-electron chi connectivity index (χ2n) is 8.85. The number of amides is 3. The fourth-order valence-electron chi connectivity index (χ4n) is 3.87. The van der Waals surface area contributed by atoms with E-state index in [0.29, 0.717) is 39.4 Å². The van der Waals surface area contributed by atoms with Crippen LogP contribution in [0.15, 0.2) is 53.4 Å². The van der Waals surface area contributed by atoms with Crippen LogP contribution in [0.4, 0.5) is 10.5 Å². The van der Waals surface area contributed by atoms with Gasteiger partial charge in [0.2, 0.25) is 5.91 Å². The van der Waals surface area contributed by atoms with Crippen LogP contribution in [-0.4, -0.2) is 35.1 Å². The Labute approximate surface area is 260 Å². The largest absolute Gasteiger partial charge is 0.490 e. The molecule has 1 saturated heterocycles. The minimum absolute atomic E-state index is 0.203. The van der Waals surface area contributed by atoms with Gasteiger partial charge in [-0.1, -0.05) is 41.4 Å². The maximum absolute atomic E-state index is 13.1. The van der Waals surface area contributed by atoms with Gasteiger partial charge in [0, 0.05) is 21.3 Å². The fraction of sp³-hybridized carbons (Fsp3) is 0.207. The number of aryl methyl sites for hydroxylation is 1. The SMILES string of the molecule is CCOc1cc(/C=C2/SC(=O)N(CC(=O)Nc3cccc(C)c3C)C2=O)cc(I)c1OCc1ccc(Cl)cc1Cl. The van der Waals surface area contributed by atoms with E-state index in [1.165, 1.54) is 0 Å². The molecule has 0 radical (unpaired) electrons. The molecule has 7 nitrogen and oxygen atoms in total. The molecule has 0 aromatic heterocycles. The summed E-state index contributed by atoms with van der Waals surface area (Å²) in [5, 5.41) is 3.31. The maximum Gasteiger partial charge on any atom is 0.294 e. The molecule has 3 aromatic carbocycles. The van der Waals surface area contributed by atoms with Gasteiger partial charge < -0.3 is 14.8 Å². The van der Waals surface area contributed by atoms with Crippen molar-refractivity contribution in [3.05, 3.63) is 89.3 Å². The van der Waals surface area contributed by atoms with Gasteiger partial charge in [0.05, 0.1) is 15.1 Å². The third-order valence-corrected chi connectivity index (χ3v) is 8.37. The summed E-state index contributed by atoms with van der Waals surface area (Å²) >= 11 is 15.2. The van der Waals surface area contributed by atoms with E-state index in [1.54, 1.807) is 36.4 Å². The van der Waals surface area contributed by atoms with Crippen molar-refractivity contribution in [2.75, 3.05) is 18.5 Å². The number of carbonyl (C=O) groups excluding carboxylic acids is 3. The molecule has 0 atom stereocenters. The first-order chi connectivity index (χ1) is 19.1. The van der Waals surface area contributed by atoms with Crippen molar-refractivity contribution < 1.29 is 23.9 Å². The highest BCUT2D eigenvalue weighted by Gasteiger charge is 2.36. The predicted octanol–water partition coefficient (Wildman–Crippen LogP) is 7.87. The number of nitrogens with one attached hydrogen (secondary N) is 1. The lowest BCUT2D eigenvalue weighted by molar-refractivity contribution is -0.127. The second kappa shape index (κ2) is 13.3. The monoisotopic (exact) mass is 710 g/mol. The van der Waals surface area contributed by atoms with Crippen LogP contribution < -0.4 is 14.8 Å². The second-order valence-corrected chi connectivity index (χ2v) is 11.8. The minimum atomic E-state index is -0.531. The van der Waals surface area contributed by atoms with Crippen molar-refractivity contribution in [1.82, 2.24) is 4.90 Å². The van der Waals surface area contributed by atoms with Crippen molar-refractivity contribution in [1.29, 1.82) is 0 Å². The van der Waals surface area contributed by atoms with Crippen molar-refractivity contribution in [2.24, 2.45) is 0 Å². The maximum atomic E-state index is 13.1. The van der Waals surface area contributed by atoms with E-state index < -0.39 is 17.1 Å². The van der Waals surface area contributed by atoms with Gasteiger partial charge in [-0.15, -0.1) is 0 Å². The summed E-state index contributed by atoms with van der Waals surface area (Å²) < 4.78 is 12.6. The van der Waals surface area contributed by atoms with Crippen molar-refractivity contribution in [2.45, 2.75) is 27.4 Å². The molecule has 1 heterocycles. The highest BCUT2D eigenvalue weighted by molar-refractivity contribution is 14.1. The van der Waals surface area contributed by atoms with Gasteiger partial charge >= 0.3 is 0 Å². The van der Waals surface area contributed by atoms with E-state index in [1.807, 2.05) is 39.0 Å². The summed E-state index contributed by atoms with van der Waals surface area (Å²) in [6.45, 7) is 5.91. The zero-order valence-electron chi connectivity index (χ0n) is 21.8. The number of ether oxygens (including phenoxy) is 2. The molecule has 1 N–H and O–H groups in total. The summed E-state index contributed by atoms with van der Waals surface area (Å²) in [6.07, 6.45) is 1.61. The van der Waals surface area contributed by atoms with Crippen molar-refractivity contribution in [3.8, 4) is 11.5 Å². The van der Waals surface area contributed by atoms with Gasteiger partial charge in [0.1, 0.15) is 13.2 Å². The molecule has 0 spiro atoms. The molecule has 3 aromatic rings. The lowest BCUT2D eigenvalue weighted by Crippen LogP contribution is -2.36. The van der Waals surface area contributed by atoms with Crippen LogP contribution in [0.3, 0.4) is 0 Å². The topological polar surface area (TPSA) is 84.9 Å². The first kappa shape index (κ1) is 30.2. The van der Waals surface area contributed by atoms with E-state index in [9.17, 15) is 14.4 Å². The first-order valence-electron chi connectivity index (χ1n) is 12.2. The Morgan fingerprint density at radius 2 is 1.88 bits per heavy atom. The molecule has 0 unspecified atom stereocenters. The number of thioether (sulfide) groups is 1. The Morgan fingerprint density at radius 1 is 1.10 bits per heavy atom. The lowest BCUT2D eigenvalue weighted by atomic mass is 10.1. The van der Waals surface area contributed by atoms with Gasteiger partial charge in [-0.25, -0.2) is 0 Å². The smallest absolute Gasteiger partial charge is 0.294 e. The third-order valence-electron chi connectivity index (χ3n) is 6.07. The third kappa shape index (κ3) is 7.12. The normalized spacial score (nSPS) is 14.2. The molecule has 208 valence electrons. The first-order valence-corrected chi connectivity index (χ1v) is 14.9. The van der Waals surface area contributed by atoms with Crippen molar-refractivity contribution in [3.63, 3.8) is 0 Å². The van der Waals surface area contributed by atoms with Gasteiger partial charge in [-0.05, 0) is 108 Å². The Kier molecular flexibility index (Phi) is 10.0. The highest BCUT2D eigenvalue weighted by atomic mass is 127. The molecule has 1 aliphatic heterocycles. The number of carbonyl (C=O) groups is 3. The summed E-state index contributed by atoms with van der Waals surface area (Å²) in [7, 11) is 0. The molecule has 11 heteroatoms. The number of hydrogen-bond acceptors (Lipinski definition) is 6. The van der Waals surface area contributed by atoms with Gasteiger partial charge in [-0.3, -0.25) is 19.3 Å². The zero-order chi connectivity index (χ0) is 29.0. The average Bonchev–Trinajstić information content (AvgIpc) is 3.14. The molecule has 4 rings (SSSR count). The van der Waals surface area contributed by atoms with Crippen LogP contribution in [-0.2, 0) is 16.2 Å². The number of nitrogens with zero attached hydrogens (tertiary/aromatic N) is 1. The average molecular weight is 711 g/mol. The highest BCUT2D eigenvalue weighted by Crippen LogP contribution is 2.38. The number of halogens is 3. The summed E-state index contributed by atoms with van der Waals surface area (Å²) in [4.78, 5) is 39.5. The summed E-state index contributed by atoms with van der Waals surface area (Å²) in [5.74, 6) is 0.0317. The molecule has 40 heavy (non-hydrogen) atoms. The summed E-state index contributed by atoms with van der Waals surface area (Å²) in [5.41, 5.74) is 4.01. The number of imide groups is 1. The number of rotatable bonds is 9. The predicted molar refractivity (Wildman–Crippen MR) is 168 cm³/mol. The van der Waals surface area contributed by atoms with E-state index in [-0.39, 0.29) is 18.1 Å². The van der Waals surface area contributed by atoms with Crippen LogP contribution in [0.2, 0.25) is 10.0 Å². The molecule has 1 fully saturated rings. The van der Waals surface area contributed by atoms with Crippen LogP contribution >= 0.6 is 57.6 Å². The number of benzene rings is 3. The van der Waals surface area contributed by atoms with Crippen LogP contribution in [0, 0.1) is 17.4 Å². The quantitative estimate of drug-likeness (QED) is 0.180. The molecule has 1 aliphatic rings. The van der Waals surface area contributed by atoms with Gasteiger partial charge in [0.25, 0.3) is 11.1 Å². The van der Waals surface area contributed by atoms with E-state index in [2.05, 4.69) is 27.9 Å². The Morgan fingerprint density at radius 3 is 2.60 bits per heavy atom. The van der Waals surface area contributed by atoms with E-state index >= 15 is 0 Å². The Bertz CT molecular complexity index is 1530. The minimum Gasteiger partial charge on any atom is -0.490 e. The van der Waals surface area contributed by atoms with Crippen LogP contribution in [0.5, 0.6) is 11.5 Å². The lowest BCUT2D eigenvalue weighted by Gasteiger charge is -2.15. The van der Waals surface area contributed by atoms with Gasteiger partial charge in [-0.2, -0.15) is 0 Å². The number of anilines is 1. The van der Waals surface area contributed by atoms with Crippen LogP contribution in [0.1, 0.15) is 29.2 Å². The fourth-order valence-corrected chi connectivity index (χ4v) is 5.95. The van der Waals surface area contributed by atoms with E-state index in [0.717, 1.165) is 36.9 Å². The van der Waals surface area contributed by atoms with Crippen molar-refractivity contribution >= 4 is 86.4 Å². The number of hydrogen-bond donors (Lipinski definition) is 1. The molecular formula is C29H25Cl2IN2O5S. The standard InChI is InChI=1S/C29H25Cl2IN2O5S/c1-4-38-24-11-18(10-22(32)27(24)39-15-19-8-9-20(30)13-21(19)31)12-25-28(36)34(29(37)40-25)14-26(35)33-23-7-5-6-16(2)17(23)3/h5-13H,4,14-15H2,1-3H3,(H,33,35)/b25-12+. The molecule has 0 aliphatic carbocycles. The van der Waals surface area contributed by atoms with Gasteiger partial charge in [0.15, 0.2) is 11.5 Å². The molecule has 3 amide bonds. The Balaban J connectivity index is 1.50. The zero-order valence-corrected chi connectivity index (χ0v) is 26.3. The van der Waals surface area contributed by atoms with Crippen LogP contribution in [0.25, 0.3) is 6.08 Å². The molecule has 0 bridgehead atoms. The molecular weight excluding hydrogens is 686 g/mol.